The van der Waals surface area contributed by atoms with Crippen LogP contribution in [0.25, 0.3) is 0 Å². The van der Waals surface area contributed by atoms with E-state index in [-0.39, 0.29) is 0 Å². The van der Waals surface area contributed by atoms with Gasteiger partial charge in [0.25, 0.3) is 0 Å². The number of carbonyl (C=O) groups excluding carboxylic acids is 5. The molecular weight excluding hydrogens is 464 g/mol. The molecule has 0 aliphatic rings. The van der Waals surface area contributed by atoms with Gasteiger partial charge < -0.3 is 10.6 Å². The van der Waals surface area contributed by atoms with Gasteiger partial charge in [-0.1, -0.05) is 25.0 Å². The number of unbranched alkanes of at least 4 members (excludes halogenated alkanes) is 3. The highest BCUT2D eigenvalue weighted by molar-refractivity contribution is 6.00. The first kappa shape index (κ1) is 29.3. The van der Waals surface area contributed by atoms with Crippen LogP contribution in [-0.2, 0) is 19.2 Å². The Labute approximate surface area is 208 Å². The minimum Gasteiger partial charge on any atom is -0.308 e. The van der Waals surface area contributed by atoms with Gasteiger partial charge in [0.05, 0.1) is 24.5 Å². The molecule has 0 bridgehead atoms. The van der Waals surface area contributed by atoms with Crippen LogP contribution in [0.5, 0.6) is 0 Å². The molecule has 2 aromatic carbocycles. The van der Waals surface area contributed by atoms with E-state index in [4.69, 9.17) is 0 Å². The number of urea groups is 1. The van der Waals surface area contributed by atoms with E-state index in [1.54, 1.807) is 50.2 Å². The van der Waals surface area contributed by atoms with Crippen molar-refractivity contribution in [2.75, 3.05) is 23.7 Å². The average molecular weight is 491 g/mol. The van der Waals surface area contributed by atoms with Gasteiger partial charge in [-0.2, -0.15) is 9.98 Å². The Morgan fingerprint density at radius 3 is 1.44 bits per heavy atom. The van der Waals surface area contributed by atoms with E-state index in [9.17, 15) is 24.0 Å². The maximum absolute atomic E-state index is 12.1. The lowest BCUT2D eigenvalue weighted by atomic mass is 10.2. The molecule has 0 saturated heterocycles. The summed E-state index contributed by atoms with van der Waals surface area (Å²) in [5.41, 5.74) is 3.40. The Hall–Kier alpha value is -4.77. The Kier molecular flexibility index (Phi) is 14.4. The van der Waals surface area contributed by atoms with E-state index in [1.807, 2.05) is 0 Å². The van der Waals surface area contributed by atoms with Crippen molar-refractivity contribution in [3.05, 3.63) is 47.5 Å². The summed E-state index contributed by atoms with van der Waals surface area (Å²) < 4.78 is 0. The molecule has 2 aromatic rings. The van der Waals surface area contributed by atoms with Crippen molar-refractivity contribution in [1.82, 2.24) is 0 Å². The van der Waals surface area contributed by atoms with Gasteiger partial charge in [0.2, 0.25) is 24.3 Å². The molecule has 0 saturated carbocycles. The molecule has 11 nitrogen and oxygen atoms in total. The van der Waals surface area contributed by atoms with Crippen LogP contribution < -0.4 is 10.6 Å². The van der Waals surface area contributed by atoms with Crippen LogP contribution in [0.4, 0.5) is 27.5 Å². The summed E-state index contributed by atoms with van der Waals surface area (Å²) in [4.78, 5) is 66.1. The van der Waals surface area contributed by atoms with Crippen molar-refractivity contribution in [3.8, 4) is 0 Å². The Morgan fingerprint density at radius 2 is 1.08 bits per heavy atom. The van der Waals surface area contributed by atoms with Crippen molar-refractivity contribution in [2.45, 2.75) is 39.5 Å². The predicted octanol–water partition coefficient (Wildman–Crippen LogP) is 5.10. The van der Waals surface area contributed by atoms with Crippen LogP contribution in [0.3, 0.4) is 0 Å². The number of hydrogen-bond acceptors (Lipinski definition) is 9. The second-order valence-electron chi connectivity index (χ2n) is 7.35. The number of isocyanates is 4. The third kappa shape index (κ3) is 11.9. The van der Waals surface area contributed by atoms with E-state index in [0.29, 0.717) is 35.8 Å². The largest absolute Gasteiger partial charge is 0.323 e. The quantitative estimate of drug-likeness (QED) is 0.254. The topological polar surface area (TPSA) is 159 Å². The number of hydrogen-bond donors (Lipinski definition) is 2. The van der Waals surface area contributed by atoms with E-state index in [1.165, 1.54) is 24.3 Å². The summed E-state index contributed by atoms with van der Waals surface area (Å²) in [7, 11) is 0. The minimum atomic E-state index is -0.482. The summed E-state index contributed by atoms with van der Waals surface area (Å²) in [5.74, 6) is 0. The van der Waals surface area contributed by atoms with Gasteiger partial charge in [-0.25, -0.2) is 34.0 Å². The molecule has 0 fully saturated rings. The number of nitrogens with one attached hydrogen (secondary N) is 2. The predicted molar refractivity (Wildman–Crippen MR) is 135 cm³/mol. The molecule has 0 heterocycles. The SMILES string of the molecule is Cc1ccc(NC(=O)Nc2ccc(C)c(N=C=O)c2)cc1N=C=O.O=C=NCCCCCCN=C=O. The number of aryl methyl sites for hydroxylation is 2. The number of amides is 2. The van der Waals surface area contributed by atoms with Crippen LogP contribution in [-0.4, -0.2) is 43.4 Å². The minimum absolute atomic E-state index is 0.431. The fourth-order valence-corrected chi connectivity index (χ4v) is 2.83. The Balaban J connectivity index is 0.000000457. The van der Waals surface area contributed by atoms with Gasteiger partial charge in [0, 0.05) is 11.4 Å². The fraction of sp³-hybridized carbons (Fsp3) is 0.320. The lowest BCUT2D eigenvalue weighted by Gasteiger charge is -2.10. The maximum Gasteiger partial charge on any atom is 0.323 e. The standard InChI is InChI=1S/C17H14N4O3.C8H12N2O2/c1-11-3-5-13(7-15(11)18-9-22)20-17(24)21-14-6-4-12(2)16(8-14)19-10-23;11-7-9-5-3-1-2-4-6-10-8-12/h3-8H,1-2H3,(H2,20,21,24);1-6H2. The summed E-state index contributed by atoms with van der Waals surface area (Å²) in [5, 5.41) is 5.27. The molecule has 2 rings (SSSR count). The van der Waals surface area contributed by atoms with Crippen molar-refractivity contribution >= 4 is 53.1 Å². The molecule has 0 aromatic heterocycles. The van der Waals surface area contributed by atoms with Gasteiger partial charge in [-0.05, 0) is 62.1 Å². The Morgan fingerprint density at radius 1 is 0.667 bits per heavy atom. The van der Waals surface area contributed by atoms with Gasteiger partial charge >= 0.3 is 6.03 Å². The van der Waals surface area contributed by atoms with Crippen LogP contribution in [0.2, 0.25) is 0 Å². The summed E-state index contributed by atoms with van der Waals surface area (Å²) in [6.07, 6.45) is 9.75. The fourth-order valence-electron chi connectivity index (χ4n) is 2.83. The second kappa shape index (κ2) is 17.7. The molecule has 36 heavy (non-hydrogen) atoms. The summed E-state index contributed by atoms with van der Waals surface area (Å²) >= 11 is 0. The highest BCUT2D eigenvalue weighted by Crippen LogP contribution is 2.24. The smallest absolute Gasteiger partial charge is 0.308 e. The van der Waals surface area contributed by atoms with Gasteiger partial charge in [0.15, 0.2) is 0 Å². The zero-order valence-electron chi connectivity index (χ0n) is 20.0. The zero-order chi connectivity index (χ0) is 26.6. The first-order chi connectivity index (χ1) is 17.4. The molecule has 0 aliphatic heterocycles. The number of benzene rings is 2. The lowest BCUT2D eigenvalue weighted by molar-refractivity contribution is 0.262. The molecule has 0 radical (unpaired) electrons. The molecule has 2 amide bonds. The number of aliphatic imine (C=N–C) groups is 4. The normalized spacial score (nSPS) is 9.06. The van der Waals surface area contributed by atoms with Gasteiger partial charge in [-0.3, -0.25) is 0 Å². The maximum atomic E-state index is 12.1. The van der Waals surface area contributed by atoms with Gasteiger partial charge in [-0.15, -0.1) is 0 Å². The molecule has 0 atom stereocenters. The molecule has 0 unspecified atom stereocenters. The molecular formula is C25H26N6O5. The van der Waals surface area contributed by atoms with E-state index < -0.39 is 6.03 Å². The molecule has 0 aliphatic carbocycles. The summed E-state index contributed by atoms with van der Waals surface area (Å²) in [6.45, 7) is 4.70. The van der Waals surface area contributed by atoms with Crippen molar-refractivity contribution in [2.24, 2.45) is 20.0 Å². The van der Waals surface area contributed by atoms with Crippen molar-refractivity contribution < 1.29 is 24.0 Å². The number of nitrogens with zero attached hydrogens (tertiary/aromatic N) is 4. The third-order valence-electron chi connectivity index (χ3n) is 4.69. The van der Waals surface area contributed by atoms with E-state index in [0.717, 1.165) is 36.8 Å². The number of carbonyl (C=O) groups is 1. The highest BCUT2D eigenvalue weighted by atomic mass is 16.2. The van der Waals surface area contributed by atoms with Crippen LogP contribution in [0.1, 0.15) is 36.8 Å². The van der Waals surface area contributed by atoms with Crippen molar-refractivity contribution in [1.29, 1.82) is 0 Å². The van der Waals surface area contributed by atoms with Crippen LogP contribution in [0, 0.1) is 13.8 Å². The highest BCUT2D eigenvalue weighted by Gasteiger charge is 2.06. The van der Waals surface area contributed by atoms with E-state index in [2.05, 4.69) is 30.6 Å². The first-order valence-electron chi connectivity index (χ1n) is 11.0. The molecule has 2 N–H and O–H groups in total. The van der Waals surface area contributed by atoms with Crippen LogP contribution in [0.15, 0.2) is 56.4 Å². The molecule has 11 heteroatoms. The number of rotatable bonds is 11. The third-order valence-corrected chi connectivity index (χ3v) is 4.69. The molecule has 186 valence electrons. The second-order valence-corrected chi connectivity index (χ2v) is 7.35. The van der Waals surface area contributed by atoms with E-state index >= 15 is 0 Å². The zero-order valence-corrected chi connectivity index (χ0v) is 20.0. The van der Waals surface area contributed by atoms with Crippen LogP contribution >= 0.6 is 0 Å². The number of anilines is 2. The monoisotopic (exact) mass is 490 g/mol. The van der Waals surface area contributed by atoms with Gasteiger partial charge in [0.1, 0.15) is 0 Å². The first-order valence-corrected chi connectivity index (χ1v) is 11.0. The molecule has 0 spiro atoms. The van der Waals surface area contributed by atoms with Crippen molar-refractivity contribution in [3.63, 3.8) is 0 Å². The lowest BCUT2D eigenvalue weighted by Crippen LogP contribution is -2.19. The summed E-state index contributed by atoms with van der Waals surface area (Å²) in [6, 6.07) is 9.49. The Bertz CT molecular complexity index is 1130. The average Bonchev–Trinajstić information content (AvgIpc) is 2.86.